The molecule has 0 unspecified atom stereocenters. The Morgan fingerprint density at radius 3 is 2.68 bits per heavy atom. The van der Waals surface area contributed by atoms with Crippen LogP contribution in [0.15, 0.2) is 18.2 Å². The molecule has 0 aliphatic carbocycles. The molecule has 8 heteroatoms. The summed E-state index contributed by atoms with van der Waals surface area (Å²) in [6, 6.07) is 3.82. The molecule has 2 fully saturated rings. The molecule has 1 aromatic carbocycles. The second-order valence-corrected chi connectivity index (χ2v) is 7.95. The van der Waals surface area contributed by atoms with E-state index in [9.17, 15) is 23.1 Å². The van der Waals surface area contributed by atoms with E-state index in [-0.39, 0.29) is 18.4 Å². The minimum Gasteiger partial charge on any atom is -0.389 e. The molecule has 0 spiro atoms. The Bertz CT molecular complexity index is 725. The van der Waals surface area contributed by atoms with E-state index in [0.29, 0.717) is 51.1 Å². The van der Waals surface area contributed by atoms with E-state index >= 15 is 0 Å². The van der Waals surface area contributed by atoms with Crippen molar-refractivity contribution >= 4 is 5.91 Å². The van der Waals surface area contributed by atoms with Gasteiger partial charge in [-0.15, -0.1) is 0 Å². The van der Waals surface area contributed by atoms with Crippen LogP contribution in [0.25, 0.3) is 0 Å². The van der Waals surface area contributed by atoms with Crippen molar-refractivity contribution in [2.24, 2.45) is 5.92 Å². The fraction of sp³-hybridized carbons (Fsp3) is 0.650. The summed E-state index contributed by atoms with van der Waals surface area (Å²) in [6.07, 6.45) is -3.29. The van der Waals surface area contributed by atoms with Gasteiger partial charge in [-0.05, 0) is 43.0 Å². The minimum atomic E-state index is -4.36. The number of amides is 1. The summed E-state index contributed by atoms with van der Waals surface area (Å²) in [5.41, 5.74) is -0.00294. The molecule has 28 heavy (non-hydrogen) atoms. The lowest BCUT2D eigenvalue weighted by atomic mass is 9.75. The highest BCUT2D eigenvalue weighted by Gasteiger charge is 2.45. The van der Waals surface area contributed by atoms with Gasteiger partial charge in [0.25, 0.3) is 0 Å². The molecule has 2 aliphatic heterocycles. The standard InChI is InChI=1S/C20H27F3N2O3/c1-14-3-4-16(20(21,22)23)9-15(14)10-24-7-5-19(27)6-8-25(12-17(19)11-24)18(26)13-28-2/h3-4,9,17,27H,5-8,10-13H2,1-2H3/t17-,19-/m1/s1. The van der Waals surface area contributed by atoms with Crippen LogP contribution in [0.5, 0.6) is 0 Å². The van der Waals surface area contributed by atoms with Crippen LogP contribution in [0.4, 0.5) is 13.2 Å². The van der Waals surface area contributed by atoms with E-state index in [4.69, 9.17) is 4.74 Å². The van der Waals surface area contributed by atoms with E-state index in [1.165, 1.54) is 19.2 Å². The van der Waals surface area contributed by atoms with Crippen LogP contribution in [0.3, 0.4) is 0 Å². The number of carbonyl (C=O) groups is 1. The lowest BCUT2D eigenvalue weighted by molar-refractivity contribution is -0.150. The number of halogens is 3. The zero-order chi connectivity index (χ0) is 20.5. The number of ether oxygens (including phenoxy) is 1. The van der Waals surface area contributed by atoms with Crippen molar-refractivity contribution in [2.45, 2.75) is 38.1 Å². The summed E-state index contributed by atoms with van der Waals surface area (Å²) in [7, 11) is 1.47. The molecule has 2 atom stereocenters. The monoisotopic (exact) mass is 400 g/mol. The second kappa shape index (κ2) is 8.00. The summed E-state index contributed by atoms with van der Waals surface area (Å²) in [5, 5.41) is 11.0. The Morgan fingerprint density at radius 2 is 2.00 bits per heavy atom. The molecule has 0 saturated carbocycles. The molecule has 0 radical (unpaired) electrons. The van der Waals surface area contributed by atoms with Crippen LogP contribution in [0.1, 0.15) is 29.5 Å². The second-order valence-electron chi connectivity index (χ2n) is 7.95. The normalized spacial score (nSPS) is 26.2. The predicted octanol–water partition coefficient (Wildman–Crippen LogP) is 2.45. The number of piperidine rings is 2. The Labute approximate surface area is 163 Å². The van der Waals surface area contributed by atoms with Crippen molar-refractivity contribution in [2.75, 3.05) is 39.9 Å². The molecule has 3 rings (SSSR count). The predicted molar refractivity (Wildman–Crippen MR) is 97.6 cm³/mol. The third-order valence-corrected chi connectivity index (χ3v) is 6.05. The Hall–Kier alpha value is -1.64. The molecule has 5 nitrogen and oxygen atoms in total. The van der Waals surface area contributed by atoms with Crippen LogP contribution in [-0.2, 0) is 22.3 Å². The molecular weight excluding hydrogens is 373 g/mol. The van der Waals surface area contributed by atoms with Crippen molar-refractivity contribution in [3.8, 4) is 0 Å². The molecule has 2 heterocycles. The number of hydrogen-bond donors (Lipinski definition) is 1. The fourth-order valence-corrected chi connectivity index (χ4v) is 4.22. The van der Waals surface area contributed by atoms with Crippen molar-refractivity contribution in [1.29, 1.82) is 0 Å². The zero-order valence-corrected chi connectivity index (χ0v) is 16.3. The molecule has 0 aromatic heterocycles. The number of nitrogens with zero attached hydrogens (tertiary/aromatic N) is 2. The number of benzene rings is 1. The van der Waals surface area contributed by atoms with E-state index in [1.807, 2.05) is 6.92 Å². The number of alkyl halides is 3. The van der Waals surface area contributed by atoms with Gasteiger partial charge in [-0.25, -0.2) is 0 Å². The van der Waals surface area contributed by atoms with Crippen molar-refractivity contribution in [1.82, 2.24) is 9.80 Å². The maximum atomic E-state index is 13.0. The van der Waals surface area contributed by atoms with Gasteiger partial charge in [-0.1, -0.05) is 6.07 Å². The largest absolute Gasteiger partial charge is 0.416 e. The summed E-state index contributed by atoms with van der Waals surface area (Å²) >= 11 is 0. The first-order valence-electron chi connectivity index (χ1n) is 9.50. The first-order chi connectivity index (χ1) is 13.1. The van der Waals surface area contributed by atoms with E-state index in [0.717, 1.165) is 11.6 Å². The first-order valence-corrected chi connectivity index (χ1v) is 9.50. The number of aliphatic hydroxyl groups is 1. The van der Waals surface area contributed by atoms with E-state index < -0.39 is 17.3 Å². The van der Waals surface area contributed by atoms with Gasteiger partial charge in [-0.2, -0.15) is 13.2 Å². The fourth-order valence-electron chi connectivity index (χ4n) is 4.22. The Kier molecular flexibility index (Phi) is 6.03. The molecule has 156 valence electrons. The van der Waals surface area contributed by atoms with Gasteiger partial charge >= 0.3 is 6.18 Å². The minimum absolute atomic E-state index is 0.0122. The molecule has 1 aromatic rings. The molecule has 2 aliphatic rings. The van der Waals surface area contributed by atoms with E-state index in [1.54, 1.807) is 4.90 Å². The number of rotatable bonds is 4. The highest BCUT2D eigenvalue weighted by Crippen LogP contribution is 2.36. The number of hydrogen-bond acceptors (Lipinski definition) is 4. The lowest BCUT2D eigenvalue weighted by Gasteiger charge is -2.50. The SMILES string of the molecule is COCC(=O)N1CC[C@]2(O)CCN(Cc3cc(C(F)(F)F)ccc3C)C[C@@H]2C1. The van der Waals surface area contributed by atoms with Crippen LogP contribution >= 0.6 is 0 Å². The molecule has 1 amide bonds. The van der Waals surface area contributed by atoms with Gasteiger partial charge in [0.1, 0.15) is 6.61 Å². The van der Waals surface area contributed by atoms with Gasteiger partial charge in [0.2, 0.25) is 5.91 Å². The Balaban J connectivity index is 1.70. The van der Waals surface area contributed by atoms with Crippen molar-refractivity contribution in [3.05, 3.63) is 34.9 Å². The zero-order valence-electron chi connectivity index (χ0n) is 16.3. The van der Waals surface area contributed by atoms with Gasteiger partial charge in [-0.3, -0.25) is 9.69 Å². The lowest BCUT2D eigenvalue weighted by Crippen LogP contribution is -2.60. The third kappa shape index (κ3) is 4.50. The van der Waals surface area contributed by atoms with Crippen LogP contribution < -0.4 is 0 Å². The van der Waals surface area contributed by atoms with Crippen LogP contribution in [0.2, 0.25) is 0 Å². The molecule has 1 N–H and O–H groups in total. The number of likely N-dealkylation sites (tertiary alicyclic amines) is 2. The maximum absolute atomic E-state index is 13.0. The topological polar surface area (TPSA) is 53.0 Å². The quantitative estimate of drug-likeness (QED) is 0.844. The van der Waals surface area contributed by atoms with Gasteiger partial charge in [0.15, 0.2) is 0 Å². The average molecular weight is 400 g/mol. The third-order valence-electron chi connectivity index (χ3n) is 6.05. The van der Waals surface area contributed by atoms with E-state index in [2.05, 4.69) is 4.90 Å². The van der Waals surface area contributed by atoms with Gasteiger partial charge in [0, 0.05) is 45.8 Å². The first kappa shape index (κ1) is 21.1. The summed E-state index contributed by atoms with van der Waals surface area (Å²) in [5.74, 6) is -0.225. The molecule has 0 bridgehead atoms. The summed E-state index contributed by atoms with van der Waals surface area (Å²) < 4.78 is 44.0. The van der Waals surface area contributed by atoms with Crippen LogP contribution in [-0.4, -0.2) is 66.3 Å². The highest BCUT2D eigenvalue weighted by molar-refractivity contribution is 5.77. The number of aryl methyl sites for hydroxylation is 1. The molecular formula is C20H27F3N2O3. The van der Waals surface area contributed by atoms with Gasteiger partial charge in [0.05, 0.1) is 11.2 Å². The average Bonchev–Trinajstić information content (AvgIpc) is 2.62. The maximum Gasteiger partial charge on any atom is 0.416 e. The highest BCUT2D eigenvalue weighted by atomic mass is 19.4. The number of carbonyl (C=O) groups excluding carboxylic acids is 1. The molecule has 2 saturated heterocycles. The smallest absolute Gasteiger partial charge is 0.389 e. The summed E-state index contributed by atoms with van der Waals surface area (Å²) in [6.45, 7) is 4.32. The Morgan fingerprint density at radius 1 is 1.29 bits per heavy atom. The van der Waals surface area contributed by atoms with Crippen molar-refractivity contribution < 1.29 is 27.8 Å². The van der Waals surface area contributed by atoms with Crippen molar-refractivity contribution in [3.63, 3.8) is 0 Å². The van der Waals surface area contributed by atoms with Crippen LogP contribution in [0, 0.1) is 12.8 Å². The summed E-state index contributed by atoms with van der Waals surface area (Å²) in [4.78, 5) is 15.9. The number of methoxy groups -OCH3 is 1. The van der Waals surface area contributed by atoms with Gasteiger partial charge < -0.3 is 14.7 Å². The number of fused-ring (bicyclic) bond motifs is 1.